The summed E-state index contributed by atoms with van der Waals surface area (Å²) >= 11 is 6.09. The molecule has 0 bridgehead atoms. The first kappa shape index (κ1) is 19.8. The lowest BCUT2D eigenvalue weighted by molar-refractivity contribution is 0.309. The highest BCUT2D eigenvalue weighted by Gasteiger charge is 2.10. The number of nitrogens with two attached hydrogens (primary N) is 1. The molecule has 6 nitrogen and oxygen atoms in total. The van der Waals surface area contributed by atoms with Crippen molar-refractivity contribution in [2.24, 2.45) is 0 Å². The number of nitrogens with one attached hydrogen (secondary N) is 2. The highest BCUT2D eigenvalue weighted by atomic mass is 35.5. The van der Waals surface area contributed by atoms with Crippen LogP contribution in [0.1, 0.15) is 25.3 Å². The summed E-state index contributed by atoms with van der Waals surface area (Å²) in [5.74, 6) is 1.88. The van der Waals surface area contributed by atoms with E-state index in [4.69, 9.17) is 22.1 Å². The Morgan fingerprint density at radius 1 is 1.04 bits per heavy atom. The Kier molecular flexibility index (Phi) is 6.55. The number of benzene rings is 2. The van der Waals surface area contributed by atoms with Crippen molar-refractivity contribution < 1.29 is 4.74 Å². The molecule has 28 heavy (non-hydrogen) atoms. The van der Waals surface area contributed by atoms with Gasteiger partial charge in [-0.1, -0.05) is 31.0 Å². The largest absolute Gasteiger partial charge is 0.494 e. The SMILES string of the molecule is CCCCOc1ccc(Nc2ncnc(Nc3cc(Cl)ccc3C)c2N)cc1. The molecule has 3 rings (SSSR count). The summed E-state index contributed by atoms with van der Waals surface area (Å²) in [7, 11) is 0. The van der Waals surface area contributed by atoms with E-state index in [1.807, 2.05) is 49.4 Å². The van der Waals surface area contributed by atoms with E-state index in [0.717, 1.165) is 42.1 Å². The lowest BCUT2D eigenvalue weighted by atomic mass is 10.2. The van der Waals surface area contributed by atoms with Crippen molar-refractivity contribution in [1.29, 1.82) is 0 Å². The molecule has 0 unspecified atom stereocenters. The van der Waals surface area contributed by atoms with Gasteiger partial charge in [0, 0.05) is 16.4 Å². The standard InChI is InChI=1S/C21H24ClN5O/c1-3-4-11-28-17-9-7-16(8-10-17)26-20-19(23)21(25-13-24-20)27-18-12-15(22)6-5-14(18)2/h5-10,12-13H,3-4,11,23H2,1-2H3,(H2,24,25,26,27). The highest BCUT2D eigenvalue weighted by molar-refractivity contribution is 6.30. The van der Waals surface area contributed by atoms with E-state index >= 15 is 0 Å². The third kappa shape index (κ3) is 5.04. The Bertz CT molecular complexity index is 931. The predicted molar refractivity (Wildman–Crippen MR) is 116 cm³/mol. The van der Waals surface area contributed by atoms with Gasteiger partial charge in [-0.2, -0.15) is 0 Å². The minimum atomic E-state index is 0.421. The number of aromatic nitrogens is 2. The fourth-order valence-corrected chi connectivity index (χ4v) is 2.73. The molecule has 0 amide bonds. The monoisotopic (exact) mass is 397 g/mol. The van der Waals surface area contributed by atoms with Crippen molar-refractivity contribution in [3.63, 3.8) is 0 Å². The van der Waals surface area contributed by atoms with E-state index in [1.165, 1.54) is 6.33 Å². The van der Waals surface area contributed by atoms with Gasteiger partial charge in [-0.25, -0.2) is 9.97 Å². The molecule has 0 aliphatic carbocycles. The quantitative estimate of drug-likeness (QED) is 0.423. The topological polar surface area (TPSA) is 85.1 Å². The van der Waals surface area contributed by atoms with Crippen LogP contribution in [0.5, 0.6) is 5.75 Å². The summed E-state index contributed by atoms with van der Waals surface area (Å²) in [6.07, 6.45) is 3.61. The van der Waals surface area contributed by atoms with E-state index in [0.29, 0.717) is 22.3 Å². The normalized spacial score (nSPS) is 10.5. The van der Waals surface area contributed by atoms with Gasteiger partial charge in [-0.3, -0.25) is 0 Å². The minimum Gasteiger partial charge on any atom is -0.494 e. The lowest BCUT2D eigenvalue weighted by Crippen LogP contribution is -2.05. The van der Waals surface area contributed by atoms with E-state index < -0.39 is 0 Å². The maximum absolute atomic E-state index is 6.27. The Balaban J connectivity index is 1.73. The first-order valence-corrected chi connectivity index (χ1v) is 9.58. The zero-order valence-corrected chi connectivity index (χ0v) is 16.8. The molecule has 3 aromatic rings. The Labute approximate surface area is 170 Å². The second kappa shape index (κ2) is 9.28. The first-order valence-electron chi connectivity index (χ1n) is 9.20. The van der Waals surface area contributed by atoms with E-state index in [2.05, 4.69) is 27.5 Å². The summed E-state index contributed by atoms with van der Waals surface area (Å²) in [5.41, 5.74) is 9.43. The Morgan fingerprint density at radius 2 is 1.75 bits per heavy atom. The van der Waals surface area contributed by atoms with Gasteiger partial charge in [-0.05, 0) is 55.3 Å². The maximum atomic E-state index is 6.27. The van der Waals surface area contributed by atoms with Gasteiger partial charge in [0.15, 0.2) is 11.6 Å². The van der Waals surface area contributed by atoms with Gasteiger partial charge in [-0.15, -0.1) is 0 Å². The highest BCUT2D eigenvalue weighted by Crippen LogP contribution is 2.30. The van der Waals surface area contributed by atoms with Crippen LogP contribution < -0.4 is 21.1 Å². The molecule has 0 radical (unpaired) electrons. The number of hydrogen-bond acceptors (Lipinski definition) is 6. The molecule has 0 fully saturated rings. The van der Waals surface area contributed by atoms with Crippen molar-refractivity contribution in [3.8, 4) is 5.75 Å². The molecule has 0 spiro atoms. The van der Waals surface area contributed by atoms with Crippen molar-refractivity contribution in [3.05, 3.63) is 59.4 Å². The molecule has 0 saturated heterocycles. The number of nitrogen functional groups attached to an aromatic ring is 1. The number of rotatable bonds is 8. The van der Waals surface area contributed by atoms with Crippen molar-refractivity contribution in [2.75, 3.05) is 23.0 Å². The fourth-order valence-electron chi connectivity index (χ4n) is 2.56. The lowest BCUT2D eigenvalue weighted by Gasteiger charge is -2.14. The van der Waals surface area contributed by atoms with Gasteiger partial charge in [0.05, 0.1) is 6.61 Å². The van der Waals surface area contributed by atoms with Crippen LogP contribution in [-0.4, -0.2) is 16.6 Å². The van der Waals surface area contributed by atoms with Crippen LogP contribution in [0.2, 0.25) is 5.02 Å². The van der Waals surface area contributed by atoms with Gasteiger partial charge in [0.25, 0.3) is 0 Å². The molecule has 1 heterocycles. The molecule has 146 valence electrons. The molecule has 0 atom stereocenters. The number of nitrogens with zero attached hydrogens (tertiary/aromatic N) is 2. The van der Waals surface area contributed by atoms with E-state index in [9.17, 15) is 0 Å². The number of hydrogen-bond donors (Lipinski definition) is 3. The maximum Gasteiger partial charge on any atom is 0.159 e. The minimum absolute atomic E-state index is 0.421. The Hall–Kier alpha value is -2.99. The Morgan fingerprint density at radius 3 is 2.46 bits per heavy atom. The number of halogens is 1. The third-order valence-corrected chi connectivity index (χ3v) is 4.46. The zero-order chi connectivity index (χ0) is 19.9. The van der Waals surface area contributed by atoms with Crippen LogP contribution in [0.4, 0.5) is 28.7 Å². The zero-order valence-electron chi connectivity index (χ0n) is 16.0. The first-order chi connectivity index (χ1) is 13.6. The van der Waals surface area contributed by atoms with Crippen molar-refractivity contribution >= 4 is 40.3 Å². The average Bonchev–Trinajstić information content (AvgIpc) is 2.69. The second-order valence-electron chi connectivity index (χ2n) is 6.42. The van der Waals surface area contributed by atoms with Crippen LogP contribution in [0.15, 0.2) is 48.8 Å². The number of aryl methyl sites for hydroxylation is 1. The average molecular weight is 398 g/mol. The van der Waals surface area contributed by atoms with Gasteiger partial charge in [0.1, 0.15) is 17.8 Å². The number of unbranched alkanes of at least 4 members (excludes halogenated alkanes) is 1. The number of anilines is 5. The fraction of sp³-hybridized carbons (Fsp3) is 0.238. The predicted octanol–water partition coefficient (Wildman–Crippen LogP) is 5.69. The van der Waals surface area contributed by atoms with Gasteiger partial charge < -0.3 is 21.1 Å². The molecule has 1 aromatic heterocycles. The van der Waals surface area contributed by atoms with Crippen LogP contribution in [0, 0.1) is 6.92 Å². The summed E-state index contributed by atoms with van der Waals surface area (Å²) in [5, 5.41) is 7.09. The smallest absolute Gasteiger partial charge is 0.159 e. The van der Waals surface area contributed by atoms with Crippen LogP contribution >= 0.6 is 11.6 Å². The van der Waals surface area contributed by atoms with Gasteiger partial charge in [0.2, 0.25) is 0 Å². The van der Waals surface area contributed by atoms with Crippen molar-refractivity contribution in [1.82, 2.24) is 9.97 Å². The van der Waals surface area contributed by atoms with Crippen molar-refractivity contribution in [2.45, 2.75) is 26.7 Å². The van der Waals surface area contributed by atoms with E-state index in [1.54, 1.807) is 0 Å². The van der Waals surface area contributed by atoms with Crippen LogP contribution in [-0.2, 0) is 0 Å². The number of ether oxygens (including phenoxy) is 1. The summed E-state index contributed by atoms with van der Waals surface area (Å²) < 4.78 is 5.68. The molecule has 7 heteroatoms. The molecule has 0 saturated carbocycles. The summed E-state index contributed by atoms with van der Waals surface area (Å²) in [6.45, 7) is 4.85. The molecule has 4 N–H and O–H groups in total. The van der Waals surface area contributed by atoms with E-state index in [-0.39, 0.29) is 0 Å². The summed E-state index contributed by atoms with van der Waals surface area (Å²) in [6, 6.07) is 13.3. The molecule has 0 aliphatic heterocycles. The second-order valence-corrected chi connectivity index (χ2v) is 6.86. The van der Waals surface area contributed by atoms with Crippen LogP contribution in [0.3, 0.4) is 0 Å². The molecule has 0 aliphatic rings. The third-order valence-electron chi connectivity index (χ3n) is 4.22. The van der Waals surface area contributed by atoms with Gasteiger partial charge >= 0.3 is 0 Å². The molecular formula is C21H24ClN5O. The summed E-state index contributed by atoms with van der Waals surface area (Å²) in [4.78, 5) is 8.51. The molecular weight excluding hydrogens is 374 g/mol. The van der Waals surface area contributed by atoms with Crippen LogP contribution in [0.25, 0.3) is 0 Å². The molecule has 2 aromatic carbocycles.